The van der Waals surface area contributed by atoms with Gasteiger partial charge < -0.3 is 11.1 Å². The zero-order valence-corrected chi connectivity index (χ0v) is 7.25. The first-order valence-corrected chi connectivity index (χ1v) is 4.47. The Morgan fingerprint density at radius 2 is 2.42 bits per heavy atom. The highest BCUT2D eigenvalue weighted by Crippen LogP contribution is 2.10. The second kappa shape index (κ2) is 4.93. The maximum atomic E-state index is 11.1. The fourth-order valence-electron chi connectivity index (χ4n) is 1.36. The third-order valence-corrected chi connectivity index (χ3v) is 2.01. The molecule has 0 heterocycles. The minimum Gasteiger partial charge on any atom is -0.353 e. The molecule has 0 bridgehead atoms. The molecule has 0 aromatic heterocycles. The van der Waals surface area contributed by atoms with Gasteiger partial charge in [-0.1, -0.05) is 12.2 Å². The number of hydrogen-bond donors (Lipinski definition) is 2. The smallest absolute Gasteiger partial charge is 0.221 e. The first-order valence-electron chi connectivity index (χ1n) is 4.47. The minimum absolute atomic E-state index is 0.0813. The maximum Gasteiger partial charge on any atom is 0.221 e. The van der Waals surface area contributed by atoms with Gasteiger partial charge in [-0.25, -0.2) is 0 Å². The molecule has 1 aliphatic rings. The van der Waals surface area contributed by atoms with Crippen molar-refractivity contribution in [1.29, 1.82) is 0 Å². The topological polar surface area (TPSA) is 55.1 Å². The Morgan fingerprint density at radius 3 is 3.00 bits per heavy atom. The van der Waals surface area contributed by atoms with E-state index in [-0.39, 0.29) is 5.91 Å². The summed E-state index contributed by atoms with van der Waals surface area (Å²) < 4.78 is 0. The number of nitrogens with two attached hydrogens (primary N) is 1. The van der Waals surface area contributed by atoms with Crippen LogP contribution < -0.4 is 11.1 Å². The van der Waals surface area contributed by atoms with Crippen LogP contribution in [0.15, 0.2) is 12.2 Å². The highest BCUT2D eigenvalue weighted by Gasteiger charge is 2.11. The van der Waals surface area contributed by atoms with Crippen LogP contribution in [-0.4, -0.2) is 18.5 Å². The van der Waals surface area contributed by atoms with E-state index in [1.807, 2.05) is 0 Å². The lowest BCUT2D eigenvalue weighted by Crippen LogP contribution is -2.36. The number of allylic oxidation sites excluding steroid dienone is 1. The van der Waals surface area contributed by atoms with E-state index >= 15 is 0 Å². The average Bonchev–Trinajstić information content (AvgIpc) is 2.06. The zero-order valence-electron chi connectivity index (χ0n) is 7.25. The Bertz CT molecular complexity index is 177. The van der Waals surface area contributed by atoms with Gasteiger partial charge in [0.15, 0.2) is 0 Å². The SMILES string of the molecule is NCCC(=O)NC1CC=CCC1. The van der Waals surface area contributed by atoms with Crippen LogP contribution in [0.2, 0.25) is 0 Å². The van der Waals surface area contributed by atoms with Crippen LogP contribution in [0.1, 0.15) is 25.7 Å². The highest BCUT2D eigenvalue weighted by atomic mass is 16.1. The molecular weight excluding hydrogens is 152 g/mol. The Morgan fingerprint density at radius 1 is 1.58 bits per heavy atom. The van der Waals surface area contributed by atoms with Crippen molar-refractivity contribution in [1.82, 2.24) is 5.32 Å². The predicted octanol–water partition coefficient (Wildman–Crippen LogP) is 0.560. The lowest BCUT2D eigenvalue weighted by Gasteiger charge is -2.18. The number of amides is 1. The quantitative estimate of drug-likeness (QED) is 0.605. The van der Waals surface area contributed by atoms with Gasteiger partial charge >= 0.3 is 0 Å². The number of carbonyl (C=O) groups excluding carboxylic acids is 1. The van der Waals surface area contributed by atoms with Crippen molar-refractivity contribution in [3.05, 3.63) is 12.2 Å². The molecule has 0 saturated heterocycles. The fraction of sp³-hybridized carbons (Fsp3) is 0.667. The number of carbonyl (C=O) groups is 1. The summed E-state index contributed by atoms with van der Waals surface area (Å²) in [4.78, 5) is 11.1. The van der Waals surface area contributed by atoms with Crippen molar-refractivity contribution in [3.8, 4) is 0 Å². The standard InChI is InChI=1S/C9H16N2O/c10-7-6-9(12)11-8-4-2-1-3-5-8/h1-2,8H,3-7,10H2,(H,11,12). The summed E-state index contributed by atoms with van der Waals surface area (Å²) in [6.45, 7) is 0.439. The van der Waals surface area contributed by atoms with E-state index in [2.05, 4.69) is 17.5 Å². The highest BCUT2D eigenvalue weighted by molar-refractivity contribution is 5.76. The van der Waals surface area contributed by atoms with Gasteiger partial charge in [0.05, 0.1) is 0 Å². The Kier molecular flexibility index (Phi) is 3.80. The van der Waals surface area contributed by atoms with E-state index in [0.29, 0.717) is 19.0 Å². The second-order valence-corrected chi connectivity index (χ2v) is 3.09. The number of rotatable bonds is 3. The summed E-state index contributed by atoms with van der Waals surface area (Å²) in [6, 6.07) is 0.342. The zero-order chi connectivity index (χ0) is 8.81. The van der Waals surface area contributed by atoms with Crippen molar-refractivity contribution in [2.24, 2.45) is 5.73 Å². The van der Waals surface area contributed by atoms with Gasteiger partial charge in [0.25, 0.3) is 0 Å². The molecule has 3 heteroatoms. The molecular formula is C9H16N2O. The molecule has 68 valence electrons. The van der Waals surface area contributed by atoms with Gasteiger partial charge in [-0.3, -0.25) is 4.79 Å². The van der Waals surface area contributed by atoms with Gasteiger partial charge in [-0.05, 0) is 19.3 Å². The Hall–Kier alpha value is -0.830. The number of hydrogen-bond acceptors (Lipinski definition) is 2. The molecule has 0 fully saturated rings. The van der Waals surface area contributed by atoms with E-state index in [1.165, 1.54) is 0 Å². The van der Waals surface area contributed by atoms with E-state index in [1.54, 1.807) is 0 Å². The first-order chi connectivity index (χ1) is 5.83. The van der Waals surface area contributed by atoms with Crippen LogP contribution in [0.25, 0.3) is 0 Å². The maximum absolute atomic E-state index is 11.1. The van der Waals surface area contributed by atoms with Crippen LogP contribution in [0.5, 0.6) is 0 Å². The molecule has 1 amide bonds. The van der Waals surface area contributed by atoms with E-state index in [4.69, 9.17) is 5.73 Å². The largest absolute Gasteiger partial charge is 0.353 e. The van der Waals surface area contributed by atoms with Gasteiger partial charge in [-0.2, -0.15) is 0 Å². The summed E-state index contributed by atoms with van der Waals surface area (Å²) in [5.74, 6) is 0.0813. The molecule has 0 saturated carbocycles. The molecule has 0 aromatic carbocycles. The molecule has 12 heavy (non-hydrogen) atoms. The predicted molar refractivity (Wildman–Crippen MR) is 48.6 cm³/mol. The van der Waals surface area contributed by atoms with Crippen LogP contribution in [0.3, 0.4) is 0 Å². The third kappa shape index (κ3) is 3.05. The first kappa shape index (κ1) is 9.26. The van der Waals surface area contributed by atoms with E-state index in [0.717, 1.165) is 19.3 Å². The van der Waals surface area contributed by atoms with Crippen LogP contribution in [-0.2, 0) is 4.79 Å². The van der Waals surface area contributed by atoms with E-state index in [9.17, 15) is 4.79 Å². The lowest BCUT2D eigenvalue weighted by molar-refractivity contribution is -0.121. The summed E-state index contributed by atoms with van der Waals surface area (Å²) in [6.07, 6.45) is 7.83. The lowest BCUT2D eigenvalue weighted by atomic mass is 10.0. The molecule has 1 aliphatic carbocycles. The molecule has 3 nitrogen and oxygen atoms in total. The van der Waals surface area contributed by atoms with E-state index < -0.39 is 0 Å². The number of nitrogens with one attached hydrogen (secondary N) is 1. The van der Waals surface area contributed by atoms with Crippen molar-refractivity contribution in [2.75, 3.05) is 6.54 Å². The van der Waals surface area contributed by atoms with Gasteiger partial charge in [0.2, 0.25) is 5.91 Å². The van der Waals surface area contributed by atoms with Gasteiger partial charge in [0.1, 0.15) is 0 Å². The summed E-state index contributed by atoms with van der Waals surface area (Å²) >= 11 is 0. The van der Waals surface area contributed by atoms with Gasteiger partial charge in [0, 0.05) is 19.0 Å². The summed E-state index contributed by atoms with van der Waals surface area (Å²) in [7, 11) is 0. The fourth-order valence-corrected chi connectivity index (χ4v) is 1.36. The molecule has 0 radical (unpaired) electrons. The second-order valence-electron chi connectivity index (χ2n) is 3.09. The normalized spacial score (nSPS) is 22.2. The monoisotopic (exact) mass is 168 g/mol. The minimum atomic E-state index is 0.0813. The van der Waals surface area contributed by atoms with Crippen LogP contribution in [0.4, 0.5) is 0 Å². The summed E-state index contributed by atoms with van der Waals surface area (Å²) in [5, 5.41) is 2.95. The molecule has 0 spiro atoms. The average molecular weight is 168 g/mol. The van der Waals surface area contributed by atoms with Crippen LogP contribution in [0, 0.1) is 0 Å². The van der Waals surface area contributed by atoms with Crippen LogP contribution >= 0.6 is 0 Å². The molecule has 1 atom stereocenters. The molecule has 0 aromatic rings. The van der Waals surface area contributed by atoms with Gasteiger partial charge in [-0.15, -0.1) is 0 Å². The molecule has 3 N–H and O–H groups in total. The molecule has 0 aliphatic heterocycles. The van der Waals surface area contributed by atoms with Crippen molar-refractivity contribution in [2.45, 2.75) is 31.7 Å². The Balaban J connectivity index is 2.21. The molecule has 1 unspecified atom stereocenters. The van der Waals surface area contributed by atoms with Crippen molar-refractivity contribution in [3.63, 3.8) is 0 Å². The van der Waals surface area contributed by atoms with Crippen molar-refractivity contribution < 1.29 is 4.79 Å². The molecule has 1 rings (SSSR count). The summed E-state index contributed by atoms with van der Waals surface area (Å²) in [5.41, 5.74) is 5.26. The Labute approximate surface area is 73.0 Å². The third-order valence-electron chi connectivity index (χ3n) is 2.01. The van der Waals surface area contributed by atoms with Crippen molar-refractivity contribution >= 4 is 5.91 Å².